The number of aromatic nitrogens is 2. The number of hydrogen-bond donors (Lipinski definition) is 1. The Morgan fingerprint density at radius 3 is 2.70 bits per heavy atom. The van der Waals surface area contributed by atoms with Crippen LogP contribution in [0.5, 0.6) is 0 Å². The molecule has 0 saturated carbocycles. The monoisotopic (exact) mass is 140 g/mol. The molecule has 0 aliphatic carbocycles. The maximum absolute atomic E-state index is 10.7. The molecule has 0 amide bonds. The molecular formula is C6H8N2O2. The largest absolute Gasteiger partial charge is 0.596 e. The van der Waals surface area contributed by atoms with Crippen LogP contribution in [0.3, 0.4) is 0 Å². The fourth-order valence-electron chi connectivity index (χ4n) is 0.677. The minimum Gasteiger partial charge on any atom is -0.596 e. The first-order valence-electron chi connectivity index (χ1n) is 2.91. The lowest BCUT2D eigenvalue weighted by molar-refractivity contribution is -0.677. The van der Waals surface area contributed by atoms with Gasteiger partial charge in [-0.15, -0.1) is 5.10 Å². The van der Waals surface area contributed by atoms with E-state index in [9.17, 15) is 10.0 Å². The van der Waals surface area contributed by atoms with Gasteiger partial charge in [0, 0.05) is 18.6 Å². The number of aryl methyl sites for hydroxylation is 1. The average molecular weight is 140 g/mol. The molecule has 54 valence electrons. The SMILES string of the molecule is Cc1cc(=O)[nH][n+]([O-])c1C. The third-order valence-corrected chi connectivity index (χ3v) is 1.43. The molecule has 0 aromatic carbocycles. The molecule has 4 nitrogen and oxygen atoms in total. The molecule has 1 aromatic heterocycles. The lowest BCUT2D eigenvalue weighted by Gasteiger charge is -1.98. The molecule has 0 saturated heterocycles. The van der Waals surface area contributed by atoms with Crippen molar-refractivity contribution in [2.75, 3.05) is 0 Å². The zero-order valence-corrected chi connectivity index (χ0v) is 5.84. The molecule has 0 aliphatic heterocycles. The van der Waals surface area contributed by atoms with Crippen LogP contribution < -0.4 is 10.4 Å². The van der Waals surface area contributed by atoms with Gasteiger partial charge in [0.1, 0.15) is 0 Å². The quantitative estimate of drug-likeness (QED) is 0.394. The van der Waals surface area contributed by atoms with Gasteiger partial charge in [-0.05, 0) is 6.92 Å². The van der Waals surface area contributed by atoms with Gasteiger partial charge in [-0.3, -0.25) is 4.79 Å². The molecule has 0 fully saturated rings. The van der Waals surface area contributed by atoms with E-state index >= 15 is 0 Å². The summed E-state index contributed by atoms with van der Waals surface area (Å²) in [6, 6.07) is 1.39. The van der Waals surface area contributed by atoms with Crippen molar-refractivity contribution in [1.29, 1.82) is 0 Å². The highest BCUT2D eigenvalue weighted by Crippen LogP contribution is 1.92. The summed E-state index contributed by atoms with van der Waals surface area (Å²) < 4.78 is 0. The lowest BCUT2D eigenvalue weighted by atomic mass is 10.2. The Balaban J connectivity index is 3.46. The molecule has 1 aromatic rings. The summed E-state index contributed by atoms with van der Waals surface area (Å²) in [5, 5.41) is 12.8. The maximum Gasteiger partial charge on any atom is 0.299 e. The molecule has 0 unspecified atom stereocenters. The van der Waals surface area contributed by atoms with Crippen molar-refractivity contribution in [1.82, 2.24) is 5.10 Å². The normalized spacial score (nSPS) is 9.80. The number of nitrogens with zero attached hydrogens (tertiary/aromatic N) is 1. The zero-order valence-electron chi connectivity index (χ0n) is 5.84. The van der Waals surface area contributed by atoms with Crippen LogP contribution in [0.15, 0.2) is 10.9 Å². The summed E-state index contributed by atoms with van der Waals surface area (Å²) in [6.07, 6.45) is 0. The van der Waals surface area contributed by atoms with Crippen molar-refractivity contribution < 1.29 is 4.85 Å². The molecule has 1 heterocycles. The van der Waals surface area contributed by atoms with Crippen LogP contribution in [-0.4, -0.2) is 5.10 Å². The molecule has 0 spiro atoms. The van der Waals surface area contributed by atoms with Crippen LogP contribution in [0.1, 0.15) is 11.3 Å². The van der Waals surface area contributed by atoms with E-state index in [1.54, 1.807) is 13.8 Å². The van der Waals surface area contributed by atoms with Gasteiger partial charge >= 0.3 is 0 Å². The van der Waals surface area contributed by atoms with E-state index in [1.807, 2.05) is 0 Å². The van der Waals surface area contributed by atoms with Crippen LogP contribution in [0.4, 0.5) is 0 Å². The second-order valence-electron chi connectivity index (χ2n) is 2.18. The number of H-pyrrole nitrogens is 1. The molecule has 1 rings (SSSR count). The summed E-state index contributed by atoms with van der Waals surface area (Å²) in [7, 11) is 0. The van der Waals surface area contributed by atoms with E-state index in [-0.39, 0.29) is 5.56 Å². The Labute approximate surface area is 57.7 Å². The lowest BCUT2D eigenvalue weighted by Crippen LogP contribution is -2.40. The van der Waals surface area contributed by atoms with Gasteiger partial charge in [0.2, 0.25) is 5.69 Å². The summed E-state index contributed by atoms with van der Waals surface area (Å²) in [4.78, 5) is 11.1. The minimum absolute atomic E-state index is 0.363. The number of aromatic amines is 1. The zero-order chi connectivity index (χ0) is 7.72. The average Bonchev–Trinajstić information content (AvgIpc) is 1.82. The van der Waals surface area contributed by atoms with Crippen LogP contribution >= 0.6 is 0 Å². The third kappa shape index (κ3) is 1.00. The molecule has 10 heavy (non-hydrogen) atoms. The van der Waals surface area contributed by atoms with Crippen molar-refractivity contribution in [3.8, 4) is 0 Å². The number of hydrogen-bond acceptors (Lipinski definition) is 2. The summed E-state index contributed by atoms with van der Waals surface area (Å²) in [5.74, 6) is 0. The van der Waals surface area contributed by atoms with Gasteiger partial charge in [-0.25, -0.2) is 0 Å². The molecule has 0 bridgehead atoms. The fourth-order valence-corrected chi connectivity index (χ4v) is 0.677. The maximum atomic E-state index is 10.7. The van der Waals surface area contributed by atoms with Crippen molar-refractivity contribution in [2.24, 2.45) is 0 Å². The van der Waals surface area contributed by atoms with Crippen molar-refractivity contribution in [3.63, 3.8) is 0 Å². The first-order chi connectivity index (χ1) is 4.61. The molecule has 0 aliphatic rings. The van der Waals surface area contributed by atoms with Crippen LogP contribution in [0.25, 0.3) is 0 Å². The summed E-state index contributed by atoms with van der Waals surface area (Å²) >= 11 is 0. The molecule has 4 heteroatoms. The Morgan fingerprint density at radius 1 is 1.60 bits per heavy atom. The van der Waals surface area contributed by atoms with Crippen molar-refractivity contribution in [2.45, 2.75) is 13.8 Å². The summed E-state index contributed by atoms with van der Waals surface area (Å²) in [6.45, 7) is 3.37. The van der Waals surface area contributed by atoms with Gasteiger partial charge in [-0.2, -0.15) is 0 Å². The first-order valence-corrected chi connectivity index (χ1v) is 2.91. The molecule has 1 N–H and O–H groups in total. The predicted molar refractivity (Wildman–Crippen MR) is 35.5 cm³/mol. The third-order valence-electron chi connectivity index (χ3n) is 1.43. The van der Waals surface area contributed by atoms with Gasteiger partial charge in [-0.1, -0.05) is 4.85 Å². The van der Waals surface area contributed by atoms with Gasteiger partial charge < -0.3 is 5.21 Å². The van der Waals surface area contributed by atoms with Crippen LogP contribution in [-0.2, 0) is 0 Å². The fraction of sp³-hybridized carbons (Fsp3) is 0.333. The number of nitrogens with one attached hydrogen (secondary N) is 1. The van der Waals surface area contributed by atoms with Crippen LogP contribution in [0.2, 0.25) is 0 Å². The van der Waals surface area contributed by atoms with Crippen molar-refractivity contribution in [3.05, 3.63) is 32.9 Å². The first kappa shape index (κ1) is 6.80. The molecular weight excluding hydrogens is 132 g/mol. The van der Waals surface area contributed by atoms with Gasteiger partial charge in [0.25, 0.3) is 5.56 Å². The number of rotatable bonds is 0. The standard InChI is InChI=1S/C6H8N2O2/c1-4-3-6(9)7-8(10)5(4)2/h3H,1-2H3,(H,7,9). The molecule has 0 radical (unpaired) electrons. The topological polar surface area (TPSA) is 59.8 Å². The van der Waals surface area contributed by atoms with E-state index in [0.717, 1.165) is 0 Å². The smallest absolute Gasteiger partial charge is 0.299 e. The Kier molecular flexibility index (Phi) is 1.45. The van der Waals surface area contributed by atoms with E-state index in [1.165, 1.54) is 6.07 Å². The van der Waals surface area contributed by atoms with E-state index < -0.39 is 0 Å². The highest BCUT2D eigenvalue weighted by atomic mass is 16.5. The van der Waals surface area contributed by atoms with E-state index in [4.69, 9.17) is 0 Å². The van der Waals surface area contributed by atoms with Crippen molar-refractivity contribution >= 4 is 0 Å². The predicted octanol–water partition coefficient (Wildman–Crippen LogP) is -0.375. The minimum atomic E-state index is -0.363. The van der Waals surface area contributed by atoms with E-state index in [2.05, 4.69) is 5.10 Å². The highest BCUT2D eigenvalue weighted by molar-refractivity contribution is 5.09. The van der Waals surface area contributed by atoms with E-state index in [0.29, 0.717) is 16.1 Å². The second kappa shape index (κ2) is 2.13. The second-order valence-corrected chi connectivity index (χ2v) is 2.18. The molecule has 0 atom stereocenters. The Bertz CT molecular complexity index is 277. The Hall–Kier alpha value is -1.32. The Morgan fingerprint density at radius 2 is 2.20 bits per heavy atom. The highest BCUT2D eigenvalue weighted by Gasteiger charge is 2.02. The van der Waals surface area contributed by atoms with Gasteiger partial charge in [0.05, 0.1) is 0 Å². The summed E-state index contributed by atoms with van der Waals surface area (Å²) in [5.41, 5.74) is 0.872. The van der Waals surface area contributed by atoms with Crippen LogP contribution in [0, 0.1) is 19.1 Å². The van der Waals surface area contributed by atoms with Gasteiger partial charge in [0.15, 0.2) is 0 Å².